The Kier molecular flexibility index (Phi) is 3.05. The van der Waals surface area contributed by atoms with Gasteiger partial charge in [-0.25, -0.2) is 5.10 Å². The minimum Gasteiger partial charge on any atom is -0.355 e. The Balaban J connectivity index is 1.69. The fraction of sp³-hybridized carbons (Fsp3) is 0.364. The molecule has 1 saturated heterocycles. The van der Waals surface area contributed by atoms with Crippen LogP contribution in [0.25, 0.3) is 0 Å². The Hall–Kier alpha value is -2.51. The van der Waals surface area contributed by atoms with E-state index in [-0.39, 0.29) is 17.5 Å². The maximum Gasteiger partial charge on any atom is 0.278 e. The monoisotopic (exact) mass is 259 g/mol. The molecular weight excluding hydrogens is 246 g/mol. The van der Waals surface area contributed by atoms with Gasteiger partial charge in [0.25, 0.3) is 5.91 Å². The first-order chi connectivity index (χ1) is 9.33. The molecule has 1 aliphatic rings. The predicted octanol–water partition coefficient (Wildman–Crippen LogP) is 0.447. The van der Waals surface area contributed by atoms with Gasteiger partial charge in [0, 0.05) is 13.1 Å². The summed E-state index contributed by atoms with van der Waals surface area (Å²) in [6.45, 7) is 2.00. The number of amides is 1. The lowest BCUT2D eigenvalue weighted by molar-refractivity contribution is 0.102. The molecule has 2 N–H and O–H groups in total. The van der Waals surface area contributed by atoms with E-state index in [1.54, 1.807) is 6.07 Å². The summed E-state index contributed by atoms with van der Waals surface area (Å²) in [5.41, 5.74) is 0.249. The van der Waals surface area contributed by atoms with Gasteiger partial charge in [-0.15, -0.1) is 10.2 Å². The van der Waals surface area contributed by atoms with Crippen LogP contribution in [0.4, 0.5) is 11.8 Å². The van der Waals surface area contributed by atoms with Crippen molar-refractivity contribution in [2.24, 2.45) is 0 Å². The van der Waals surface area contributed by atoms with Crippen molar-refractivity contribution in [1.82, 2.24) is 25.4 Å². The third-order valence-corrected chi connectivity index (χ3v) is 2.96. The number of hydrogen-bond acceptors (Lipinski definition) is 6. The molecule has 98 valence electrons. The SMILES string of the molecule is O=C(Nc1ncn[nH]1)c1ccc(N2CCCC2)nn1. The molecule has 0 unspecified atom stereocenters. The number of H-pyrrole nitrogens is 1. The predicted molar refractivity (Wildman–Crippen MR) is 67.8 cm³/mol. The Morgan fingerprint density at radius 2 is 2.11 bits per heavy atom. The summed E-state index contributed by atoms with van der Waals surface area (Å²) in [6, 6.07) is 3.47. The Morgan fingerprint density at radius 3 is 2.74 bits per heavy atom. The molecule has 2 aromatic heterocycles. The second kappa shape index (κ2) is 5.01. The molecule has 1 amide bonds. The van der Waals surface area contributed by atoms with E-state index in [0.29, 0.717) is 0 Å². The van der Waals surface area contributed by atoms with Crippen molar-refractivity contribution in [3.8, 4) is 0 Å². The fourth-order valence-electron chi connectivity index (χ4n) is 2.00. The first-order valence-electron chi connectivity index (χ1n) is 6.08. The maximum absolute atomic E-state index is 11.8. The zero-order chi connectivity index (χ0) is 13.1. The van der Waals surface area contributed by atoms with Gasteiger partial charge in [-0.1, -0.05) is 0 Å². The van der Waals surface area contributed by atoms with Gasteiger partial charge in [-0.05, 0) is 25.0 Å². The Labute approximate surface area is 109 Å². The highest BCUT2D eigenvalue weighted by Crippen LogP contribution is 2.16. The number of aromatic nitrogens is 5. The van der Waals surface area contributed by atoms with Crippen molar-refractivity contribution < 1.29 is 4.79 Å². The molecule has 0 saturated carbocycles. The lowest BCUT2D eigenvalue weighted by Crippen LogP contribution is -2.21. The van der Waals surface area contributed by atoms with Crippen LogP contribution in [0.15, 0.2) is 18.5 Å². The summed E-state index contributed by atoms with van der Waals surface area (Å²) in [5, 5.41) is 16.7. The molecule has 0 bridgehead atoms. The van der Waals surface area contributed by atoms with E-state index in [0.717, 1.165) is 18.9 Å². The minimum atomic E-state index is -0.364. The quantitative estimate of drug-likeness (QED) is 0.830. The number of hydrogen-bond donors (Lipinski definition) is 2. The second-order valence-corrected chi connectivity index (χ2v) is 4.26. The van der Waals surface area contributed by atoms with Gasteiger partial charge in [0.1, 0.15) is 6.33 Å². The molecule has 3 heterocycles. The first-order valence-corrected chi connectivity index (χ1v) is 6.08. The van der Waals surface area contributed by atoms with Gasteiger partial charge in [0.15, 0.2) is 11.5 Å². The molecule has 0 aromatic carbocycles. The van der Waals surface area contributed by atoms with E-state index in [4.69, 9.17) is 0 Å². The number of anilines is 2. The highest BCUT2D eigenvalue weighted by atomic mass is 16.2. The zero-order valence-corrected chi connectivity index (χ0v) is 10.2. The van der Waals surface area contributed by atoms with Gasteiger partial charge in [0.2, 0.25) is 5.95 Å². The molecule has 2 aromatic rings. The van der Waals surface area contributed by atoms with Crippen LogP contribution in [0.3, 0.4) is 0 Å². The maximum atomic E-state index is 11.8. The number of carbonyl (C=O) groups excluding carboxylic acids is 1. The van der Waals surface area contributed by atoms with Crippen LogP contribution >= 0.6 is 0 Å². The molecule has 0 radical (unpaired) electrons. The molecule has 3 rings (SSSR count). The van der Waals surface area contributed by atoms with Crippen molar-refractivity contribution in [3.63, 3.8) is 0 Å². The van der Waals surface area contributed by atoms with Crippen LogP contribution < -0.4 is 10.2 Å². The van der Waals surface area contributed by atoms with Crippen LogP contribution in [0, 0.1) is 0 Å². The van der Waals surface area contributed by atoms with Gasteiger partial charge in [0.05, 0.1) is 0 Å². The summed E-state index contributed by atoms with van der Waals surface area (Å²) in [6.07, 6.45) is 3.67. The van der Waals surface area contributed by atoms with Gasteiger partial charge in [-0.3, -0.25) is 10.1 Å². The molecule has 8 nitrogen and oxygen atoms in total. The molecule has 8 heteroatoms. The van der Waals surface area contributed by atoms with Crippen molar-refractivity contribution >= 4 is 17.7 Å². The lowest BCUT2D eigenvalue weighted by Gasteiger charge is -2.14. The molecule has 1 fully saturated rings. The Morgan fingerprint density at radius 1 is 1.26 bits per heavy atom. The number of nitrogens with zero attached hydrogens (tertiary/aromatic N) is 5. The second-order valence-electron chi connectivity index (χ2n) is 4.26. The standard InChI is InChI=1S/C11H13N7O/c19-10(14-11-12-7-13-17-11)8-3-4-9(16-15-8)18-5-1-2-6-18/h3-4,7H,1-2,5-6H2,(H2,12,13,14,17,19). The largest absolute Gasteiger partial charge is 0.355 e. The van der Waals surface area contributed by atoms with Crippen molar-refractivity contribution in [3.05, 3.63) is 24.2 Å². The van der Waals surface area contributed by atoms with E-state index >= 15 is 0 Å². The van der Waals surface area contributed by atoms with E-state index < -0.39 is 0 Å². The summed E-state index contributed by atoms with van der Waals surface area (Å²) in [7, 11) is 0. The minimum absolute atomic E-state index is 0.249. The van der Waals surface area contributed by atoms with Crippen LogP contribution in [0.2, 0.25) is 0 Å². The number of nitrogens with one attached hydrogen (secondary N) is 2. The average molecular weight is 259 g/mol. The highest BCUT2D eigenvalue weighted by molar-refractivity contribution is 6.01. The van der Waals surface area contributed by atoms with Crippen molar-refractivity contribution in [2.45, 2.75) is 12.8 Å². The van der Waals surface area contributed by atoms with Crippen LogP contribution in [-0.2, 0) is 0 Å². The Bertz CT molecular complexity index is 545. The highest BCUT2D eigenvalue weighted by Gasteiger charge is 2.15. The van der Waals surface area contributed by atoms with Gasteiger partial charge in [-0.2, -0.15) is 10.1 Å². The smallest absolute Gasteiger partial charge is 0.278 e. The van der Waals surface area contributed by atoms with Crippen LogP contribution in [-0.4, -0.2) is 44.4 Å². The number of carbonyl (C=O) groups is 1. The molecule has 0 atom stereocenters. The third-order valence-electron chi connectivity index (χ3n) is 2.96. The molecule has 1 aliphatic heterocycles. The van der Waals surface area contributed by atoms with E-state index in [1.807, 2.05) is 6.07 Å². The molecule has 0 spiro atoms. The van der Waals surface area contributed by atoms with E-state index in [9.17, 15) is 4.79 Å². The topological polar surface area (TPSA) is 99.7 Å². The van der Waals surface area contributed by atoms with E-state index in [1.165, 1.54) is 19.2 Å². The van der Waals surface area contributed by atoms with Crippen LogP contribution in [0.5, 0.6) is 0 Å². The van der Waals surface area contributed by atoms with Crippen molar-refractivity contribution in [2.75, 3.05) is 23.3 Å². The molecular formula is C11H13N7O. The van der Waals surface area contributed by atoms with E-state index in [2.05, 4.69) is 35.6 Å². The number of aromatic amines is 1. The third kappa shape index (κ3) is 2.51. The molecule has 19 heavy (non-hydrogen) atoms. The summed E-state index contributed by atoms with van der Waals surface area (Å²) < 4.78 is 0. The lowest BCUT2D eigenvalue weighted by atomic mass is 10.3. The summed E-state index contributed by atoms with van der Waals surface area (Å²) in [4.78, 5) is 17.8. The average Bonchev–Trinajstić information content (AvgIpc) is 3.12. The normalized spacial score (nSPS) is 14.6. The van der Waals surface area contributed by atoms with Crippen molar-refractivity contribution in [1.29, 1.82) is 0 Å². The summed E-state index contributed by atoms with van der Waals surface area (Å²) in [5.74, 6) is 0.737. The molecule has 0 aliphatic carbocycles. The van der Waals surface area contributed by atoms with Gasteiger partial charge < -0.3 is 4.90 Å². The van der Waals surface area contributed by atoms with Crippen LogP contribution in [0.1, 0.15) is 23.3 Å². The van der Waals surface area contributed by atoms with Gasteiger partial charge >= 0.3 is 0 Å². The number of rotatable bonds is 3. The first kappa shape index (κ1) is 11.6. The fourth-order valence-corrected chi connectivity index (χ4v) is 2.00. The summed E-state index contributed by atoms with van der Waals surface area (Å²) >= 11 is 0. The zero-order valence-electron chi connectivity index (χ0n) is 10.2.